The van der Waals surface area contributed by atoms with Crippen molar-refractivity contribution in [3.63, 3.8) is 0 Å². The predicted octanol–water partition coefficient (Wildman–Crippen LogP) is 4.11. The van der Waals surface area contributed by atoms with E-state index in [4.69, 9.17) is 13.3 Å². The van der Waals surface area contributed by atoms with Crippen molar-refractivity contribution >= 4 is 24.7 Å². The van der Waals surface area contributed by atoms with Gasteiger partial charge in [-0.05, 0) is 44.9 Å². The van der Waals surface area contributed by atoms with Crippen molar-refractivity contribution < 1.29 is 13.3 Å². The van der Waals surface area contributed by atoms with E-state index < -0.39 is 8.80 Å². The fourth-order valence-electron chi connectivity index (χ4n) is 2.41. The Morgan fingerprint density at radius 2 is 1.43 bits per heavy atom. The van der Waals surface area contributed by atoms with Gasteiger partial charge >= 0.3 is 8.80 Å². The Balaban J connectivity index is 2.34. The van der Waals surface area contributed by atoms with Crippen molar-refractivity contribution in [2.75, 3.05) is 26.4 Å². The van der Waals surface area contributed by atoms with E-state index in [-0.39, 0.29) is 0 Å². The summed E-state index contributed by atoms with van der Waals surface area (Å²) in [5.41, 5.74) is 2.60. The lowest BCUT2D eigenvalue weighted by molar-refractivity contribution is 0.0708. The SMILES string of the molecule is CCO[Si](CCCNCc1ccc(CBr)cc1)(OCC)OCC. The van der Waals surface area contributed by atoms with E-state index in [2.05, 4.69) is 45.5 Å². The van der Waals surface area contributed by atoms with Gasteiger partial charge in [0, 0.05) is 37.7 Å². The molecule has 0 aliphatic rings. The van der Waals surface area contributed by atoms with Gasteiger partial charge in [-0.2, -0.15) is 0 Å². The summed E-state index contributed by atoms with van der Waals surface area (Å²) in [4.78, 5) is 0. The Morgan fingerprint density at radius 1 is 0.913 bits per heavy atom. The standard InChI is InChI=1S/C17H30BrNO3Si/c1-4-20-23(21-5-2,22-6-3)13-7-12-19-15-17-10-8-16(14-18)9-11-17/h8-11,19H,4-7,12-15H2,1-3H3. The molecule has 0 aliphatic heterocycles. The minimum absolute atomic E-state index is 0.638. The van der Waals surface area contributed by atoms with Crippen LogP contribution in [-0.4, -0.2) is 35.2 Å². The third-order valence-corrected chi connectivity index (χ3v) is 7.23. The van der Waals surface area contributed by atoms with Crippen molar-refractivity contribution in [3.8, 4) is 0 Å². The lowest BCUT2D eigenvalue weighted by Crippen LogP contribution is -2.46. The Labute approximate surface area is 150 Å². The highest BCUT2D eigenvalue weighted by Gasteiger charge is 2.39. The fraction of sp³-hybridized carbons (Fsp3) is 0.647. The number of hydrogen-bond acceptors (Lipinski definition) is 4. The van der Waals surface area contributed by atoms with E-state index in [0.717, 1.165) is 30.9 Å². The molecule has 4 nitrogen and oxygen atoms in total. The van der Waals surface area contributed by atoms with Gasteiger partial charge in [0.2, 0.25) is 0 Å². The zero-order valence-corrected chi connectivity index (χ0v) is 17.2. The van der Waals surface area contributed by atoms with E-state index in [1.54, 1.807) is 0 Å². The molecule has 0 saturated carbocycles. The van der Waals surface area contributed by atoms with Gasteiger partial charge in [0.05, 0.1) is 0 Å². The number of hydrogen-bond donors (Lipinski definition) is 1. The minimum Gasteiger partial charge on any atom is -0.374 e. The normalized spacial score (nSPS) is 11.8. The molecule has 0 heterocycles. The van der Waals surface area contributed by atoms with Crippen molar-refractivity contribution in [3.05, 3.63) is 35.4 Å². The Bertz CT molecular complexity index is 400. The van der Waals surface area contributed by atoms with Gasteiger partial charge in [-0.1, -0.05) is 40.2 Å². The molecule has 0 fully saturated rings. The van der Waals surface area contributed by atoms with Crippen LogP contribution in [0.5, 0.6) is 0 Å². The predicted molar refractivity (Wildman–Crippen MR) is 101 cm³/mol. The van der Waals surface area contributed by atoms with Crippen LogP contribution in [0.3, 0.4) is 0 Å². The smallest absolute Gasteiger partial charge is 0.374 e. The topological polar surface area (TPSA) is 39.7 Å². The molecule has 0 amide bonds. The highest BCUT2D eigenvalue weighted by molar-refractivity contribution is 9.08. The fourth-order valence-corrected chi connectivity index (χ4v) is 5.40. The molecule has 0 saturated heterocycles. The summed E-state index contributed by atoms with van der Waals surface area (Å²) in [7, 11) is -2.48. The van der Waals surface area contributed by atoms with Crippen molar-refractivity contribution in [2.45, 2.75) is 45.1 Å². The first-order valence-corrected chi connectivity index (χ1v) is 11.5. The molecule has 0 unspecified atom stereocenters. The van der Waals surface area contributed by atoms with Crippen LogP contribution in [-0.2, 0) is 25.2 Å². The average Bonchev–Trinajstić information content (AvgIpc) is 2.56. The summed E-state index contributed by atoms with van der Waals surface area (Å²) < 4.78 is 17.6. The van der Waals surface area contributed by atoms with Gasteiger partial charge in [-0.15, -0.1) is 0 Å². The number of halogens is 1. The third-order valence-electron chi connectivity index (χ3n) is 3.44. The van der Waals surface area contributed by atoms with E-state index in [9.17, 15) is 0 Å². The maximum Gasteiger partial charge on any atom is 0.500 e. The molecule has 0 bridgehead atoms. The zero-order valence-electron chi connectivity index (χ0n) is 14.6. The van der Waals surface area contributed by atoms with Gasteiger partial charge < -0.3 is 18.6 Å². The summed E-state index contributed by atoms with van der Waals surface area (Å²) in [5, 5.41) is 4.38. The molecule has 1 rings (SSSR count). The maximum atomic E-state index is 5.86. The van der Waals surface area contributed by atoms with Crippen LogP contribution in [0.4, 0.5) is 0 Å². The number of nitrogens with one attached hydrogen (secondary N) is 1. The van der Waals surface area contributed by atoms with Crippen LogP contribution in [0.1, 0.15) is 38.3 Å². The van der Waals surface area contributed by atoms with E-state index in [1.165, 1.54) is 11.1 Å². The largest absolute Gasteiger partial charge is 0.500 e. The number of rotatable bonds is 13. The second-order valence-corrected chi connectivity index (χ2v) is 8.51. The molecule has 0 atom stereocenters. The summed E-state index contributed by atoms with van der Waals surface area (Å²) in [6, 6.07) is 9.51. The van der Waals surface area contributed by atoms with Gasteiger partial charge in [0.15, 0.2) is 0 Å². The van der Waals surface area contributed by atoms with E-state index in [0.29, 0.717) is 19.8 Å². The molecule has 0 radical (unpaired) electrons. The summed E-state index contributed by atoms with van der Waals surface area (Å²) in [5.74, 6) is 0. The van der Waals surface area contributed by atoms with Gasteiger partial charge in [-0.25, -0.2) is 0 Å². The van der Waals surface area contributed by atoms with Crippen LogP contribution in [0, 0.1) is 0 Å². The summed E-state index contributed by atoms with van der Waals surface area (Å²) >= 11 is 3.46. The number of benzene rings is 1. The maximum absolute atomic E-state index is 5.86. The summed E-state index contributed by atoms with van der Waals surface area (Å²) in [6.45, 7) is 9.72. The van der Waals surface area contributed by atoms with Crippen LogP contribution >= 0.6 is 15.9 Å². The molecule has 1 aromatic carbocycles. The second kappa shape index (κ2) is 12.2. The van der Waals surface area contributed by atoms with Crippen LogP contribution < -0.4 is 5.32 Å². The van der Waals surface area contributed by atoms with Crippen LogP contribution in [0.2, 0.25) is 6.04 Å². The molecule has 1 N–H and O–H groups in total. The molecule has 23 heavy (non-hydrogen) atoms. The first-order valence-electron chi connectivity index (χ1n) is 8.46. The first kappa shape index (κ1) is 20.8. The molecule has 0 aromatic heterocycles. The monoisotopic (exact) mass is 403 g/mol. The number of alkyl halides is 1. The van der Waals surface area contributed by atoms with Crippen molar-refractivity contribution in [1.29, 1.82) is 0 Å². The second-order valence-electron chi connectivity index (χ2n) is 5.21. The first-order chi connectivity index (χ1) is 11.2. The van der Waals surface area contributed by atoms with Crippen molar-refractivity contribution in [2.24, 2.45) is 0 Å². The highest BCUT2D eigenvalue weighted by Crippen LogP contribution is 2.17. The van der Waals surface area contributed by atoms with Gasteiger partial charge in [0.1, 0.15) is 0 Å². The molecule has 0 spiro atoms. The highest BCUT2D eigenvalue weighted by atomic mass is 79.9. The molecule has 6 heteroatoms. The molecular formula is C17H30BrNO3Si. The Morgan fingerprint density at radius 3 is 1.91 bits per heavy atom. The Hall–Kier alpha value is -0.243. The minimum atomic E-state index is -2.48. The molecular weight excluding hydrogens is 374 g/mol. The Kier molecular flexibility index (Phi) is 11.0. The molecule has 132 valence electrons. The average molecular weight is 404 g/mol. The van der Waals surface area contributed by atoms with Crippen LogP contribution in [0.15, 0.2) is 24.3 Å². The lowest BCUT2D eigenvalue weighted by atomic mass is 10.1. The quantitative estimate of drug-likeness (QED) is 0.305. The van der Waals surface area contributed by atoms with Crippen molar-refractivity contribution in [1.82, 2.24) is 5.32 Å². The molecule has 0 aliphatic carbocycles. The summed E-state index contributed by atoms with van der Waals surface area (Å²) in [6.07, 6.45) is 0.992. The molecule has 1 aromatic rings. The van der Waals surface area contributed by atoms with E-state index >= 15 is 0 Å². The zero-order chi connectivity index (χ0) is 17.0. The lowest BCUT2D eigenvalue weighted by Gasteiger charge is -2.28. The third kappa shape index (κ3) is 7.91. The van der Waals surface area contributed by atoms with Gasteiger partial charge in [0.25, 0.3) is 0 Å². The van der Waals surface area contributed by atoms with E-state index in [1.807, 2.05) is 20.8 Å². The van der Waals surface area contributed by atoms with Gasteiger partial charge in [-0.3, -0.25) is 0 Å². The van der Waals surface area contributed by atoms with Crippen LogP contribution in [0.25, 0.3) is 0 Å².